The third kappa shape index (κ3) is 3.40. The van der Waals surface area contributed by atoms with Gasteiger partial charge >= 0.3 is 0 Å². The summed E-state index contributed by atoms with van der Waals surface area (Å²) in [5, 5.41) is 0. The molecule has 1 aromatic carbocycles. The highest BCUT2D eigenvalue weighted by Crippen LogP contribution is 2.23. The van der Waals surface area contributed by atoms with E-state index in [1.807, 2.05) is 42.2 Å². The molecule has 1 saturated heterocycles. The number of nitrogens with one attached hydrogen (secondary N) is 1. The summed E-state index contributed by atoms with van der Waals surface area (Å²) in [6, 6.07) is 11.9. The van der Waals surface area contributed by atoms with Crippen molar-refractivity contribution < 1.29 is 4.79 Å². The zero-order chi connectivity index (χ0) is 17.2. The molecule has 128 valence electrons. The van der Waals surface area contributed by atoms with Crippen molar-refractivity contribution in [2.24, 2.45) is 5.92 Å². The smallest absolute Gasteiger partial charge is 0.255 e. The molecule has 1 amide bonds. The second-order valence-electron chi connectivity index (χ2n) is 6.83. The minimum absolute atomic E-state index is 0.0923. The fourth-order valence-corrected chi connectivity index (χ4v) is 3.49. The minimum Gasteiger partial charge on any atom is -0.342 e. The van der Waals surface area contributed by atoms with Crippen LogP contribution in [0.1, 0.15) is 34.7 Å². The molecular weight excluding hydrogens is 312 g/mol. The number of amides is 1. The highest BCUT2D eigenvalue weighted by atomic mass is 16.2. The molecule has 1 aliphatic heterocycles. The highest BCUT2D eigenvalue weighted by Gasteiger charge is 2.24. The van der Waals surface area contributed by atoms with Crippen LogP contribution >= 0.6 is 0 Å². The second-order valence-corrected chi connectivity index (χ2v) is 6.83. The van der Waals surface area contributed by atoms with Gasteiger partial charge in [0.1, 0.15) is 5.82 Å². The molecule has 4 rings (SSSR count). The minimum atomic E-state index is 0.0923. The first-order chi connectivity index (χ1) is 12.2. The number of para-hydroxylation sites is 2. The van der Waals surface area contributed by atoms with E-state index in [1.165, 1.54) is 0 Å². The van der Waals surface area contributed by atoms with Crippen LogP contribution in [0.25, 0.3) is 11.0 Å². The standard InChI is InChI=1S/C20H22N4O/c1-14-6-7-16(13-21-14)20(25)24-10-8-15(9-11-24)12-19-22-17-4-2-3-5-18(17)23-19/h2-7,13,15H,8-12H2,1H3,(H,22,23). The number of carbonyl (C=O) groups excluding carboxylic acids is 1. The number of benzene rings is 1. The Bertz CT molecular complexity index is 843. The predicted molar refractivity (Wildman–Crippen MR) is 97.4 cm³/mol. The van der Waals surface area contributed by atoms with Gasteiger partial charge in [-0.3, -0.25) is 9.78 Å². The highest BCUT2D eigenvalue weighted by molar-refractivity contribution is 5.94. The number of H-pyrrole nitrogens is 1. The van der Waals surface area contributed by atoms with Gasteiger partial charge in [0.15, 0.2) is 0 Å². The van der Waals surface area contributed by atoms with Crippen molar-refractivity contribution in [1.82, 2.24) is 19.9 Å². The van der Waals surface area contributed by atoms with Gasteiger partial charge < -0.3 is 9.88 Å². The molecule has 3 aromatic rings. The first kappa shape index (κ1) is 15.8. The largest absolute Gasteiger partial charge is 0.342 e. The van der Waals surface area contributed by atoms with E-state index in [-0.39, 0.29) is 5.91 Å². The maximum Gasteiger partial charge on any atom is 0.255 e. The van der Waals surface area contributed by atoms with Crippen LogP contribution < -0.4 is 0 Å². The Morgan fingerprint density at radius 1 is 1.20 bits per heavy atom. The summed E-state index contributed by atoms with van der Waals surface area (Å²) in [5.41, 5.74) is 3.73. The Morgan fingerprint density at radius 2 is 2.00 bits per heavy atom. The summed E-state index contributed by atoms with van der Waals surface area (Å²) in [5.74, 6) is 1.71. The molecule has 0 unspecified atom stereocenters. The van der Waals surface area contributed by atoms with Crippen molar-refractivity contribution in [2.45, 2.75) is 26.2 Å². The molecule has 5 nitrogen and oxygen atoms in total. The van der Waals surface area contributed by atoms with Gasteiger partial charge in [-0.05, 0) is 49.9 Å². The SMILES string of the molecule is Cc1ccc(C(=O)N2CCC(Cc3nc4ccccc4[nH]3)CC2)cn1. The number of hydrogen-bond acceptors (Lipinski definition) is 3. The van der Waals surface area contributed by atoms with Gasteiger partial charge in [0.25, 0.3) is 5.91 Å². The topological polar surface area (TPSA) is 61.9 Å². The fourth-order valence-electron chi connectivity index (χ4n) is 3.49. The lowest BCUT2D eigenvalue weighted by atomic mass is 9.93. The average molecular weight is 334 g/mol. The molecule has 1 aliphatic rings. The number of rotatable bonds is 3. The quantitative estimate of drug-likeness (QED) is 0.799. The van der Waals surface area contributed by atoms with Crippen molar-refractivity contribution in [1.29, 1.82) is 0 Å². The summed E-state index contributed by atoms with van der Waals surface area (Å²) in [4.78, 5) is 26.8. The van der Waals surface area contributed by atoms with E-state index >= 15 is 0 Å². The number of piperidine rings is 1. The lowest BCUT2D eigenvalue weighted by Crippen LogP contribution is -2.39. The van der Waals surface area contributed by atoms with E-state index in [9.17, 15) is 4.79 Å². The zero-order valence-electron chi connectivity index (χ0n) is 14.4. The van der Waals surface area contributed by atoms with Crippen LogP contribution in [-0.2, 0) is 6.42 Å². The summed E-state index contributed by atoms with van der Waals surface area (Å²) >= 11 is 0. The number of pyridine rings is 1. The van der Waals surface area contributed by atoms with E-state index in [2.05, 4.69) is 21.0 Å². The van der Waals surface area contributed by atoms with Crippen molar-refractivity contribution in [2.75, 3.05) is 13.1 Å². The molecule has 3 heterocycles. The molecule has 1 fully saturated rings. The van der Waals surface area contributed by atoms with Gasteiger partial charge in [-0.25, -0.2) is 4.98 Å². The molecule has 1 N–H and O–H groups in total. The number of aromatic amines is 1. The lowest BCUT2D eigenvalue weighted by molar-refractivity contribution is 0.0689. The van der Waals surface area contributed by atoms with E-state index in [0.717, 1.165) is 54.9 Å². The number of likely N-dealkylation sites (tertiary alicyclic amines) is 1. The van der Waals surface area contributed by atoms with Crippen LogP contribution in [0.5, 0.6) is 0 Å². The van der Waals surface area contributed by atoms with Gasteiger partial charge in [-0.1, -0.05) is 12.1 Å². The van der Waals surface area contributed by atoms with Crippen molar-refractivity contribution in [3.8, 4) is 0 Å². The van der Waals surface area contributed by atoms with Crippen LogP contribution in [0.4, 0.5) is 0 Å². The van der Waals surface area contributed by atoms with Gasteiger partial charge in [0.2, 0.25) is 0 Å². The van der Waals surface area contributed by atoms with Crippen molar-refractivity contribution in [3.63, 3.8) is 0 Å². The number of aromatic nitrogens is 3. The monoisotopic (exact) mass is 334 g/mol. The maximum absolute atomic E-state index is 12.6. The molecule has 0 atom stereocenters. The van der Waals surface area contributed by atoms with Gasteiger partial charge in [-0.15, -0.1) is 0 Å². The molecule has 0 bridgehead atoms. The van der Waals surface area contributed by atoms with E-state index in [4.69, 9.17) is 0 Å². The van der Waals surface area contributed by atoms with E-state index < -0.39 is 0 Å². The summed E-state index contributed by atoms with van der Waals surface area (Å²) in [6.45, 7) is 3.53. The van der Waals surface area contributed by atoms with Crippen molar-refractivity contribution >= 4 is 16.9 Å². The summed E-state index contributed by atoms with van der Waals surface area (Å²) in [6.07, 6.45) is 4.66. The molecule has 0 radical (unpaired) electrons. The third-order valence-electron chi connectivity index (χ3n) is 4.98. The fraction of sp³-hybridized carbons (Fsp3) is 0.350. The van der Waals surface area contributed by atoms with Gasteiger partial charge in [-0.2, -0.15) is 0 Å². The average Bonchev–Trinajstić information content (AvgIpc) is 3.05. The van der Waals surface area contributed by atoms with Crippen LogP contribution in [0.2, 0.25) is 0 Å². The predicted octanol–water partition coefficient (Wildman–Crippen LogP) is 3.36. The molecule has 0 aliphatic carbocycles. The molecule has 2 aromatic heterocycles. The first-order valence-corrected chi connectivity index (χ1v) is 8.84. The van der Waals surface area contributed by atoms with Crippen LogP contribution in [0, 0.1) is 12.8 Å². The number of aryl methyl sites for hydroxylation is 1. The normalized spacial score (nSPS) is 15.6. The second kappa shape index (κ2) is 6.67. The van der Waals surface area contributed by atoms with Crippen LogP contribution in [0.3, 0.4) is 0 Å². The Hall–Kier alpha value is -2.69. The molecule has 25 heavy (non-hydrogen) atoms. The van der Waals surface area contributed by atoms with Crippen LogP contribution in [0.15, 0.2) is 42.6 Å². The molecule has 5 heteroatoms. The summed E-state index contributed by atoms with van der Waals surface area (Å²) in [7, 11) is 0. The lowest BCUT2D eigenvalue weighted by Gasteiger charge is -2.31. The maximum atomic E-state index is 12.6. The number of carbonyl (C=O) groups is 1. The molecular formula is C20H22N4O. The molecule has 0 saturated carbocycles. The molecule has 0 spiro atoms. The summed E-state index contributed by atoms with van der Waals surface area (Å²) < 4.78 is 0. The van der Waals surface area contributed by atoms with Crippen molar-refractivity contribution in [3.05, 3.63) is 59.7 Å². The van der Waals surface area contributed by atoms with Crippen LogP contribution in [-0.4, -0.2) is 38.8 Å². The Morgan fingerprint density at radius 3 is 2.72 bits per heavy atom. The zero-order valence-corrected chi connectivity index (χ0v) is 14.4. The Kier molecular flexibility index (Phi) is 4.22. The number of nitrogens with zero attached hydrogens (tertiary/aromatic N) is 3. The van der Waals surface area contributed by atoms with Gasteiger partial charge in [0.05, 0.1) is 16.6 Å². The van der Waals surface area contributed by atoms with E-state index in [1.54, 1.807) is 6.20 Å². The first-order valence-electron chi connectivity index (χ1n) is 8.84. The van der Waals surface area contributed by atoms with E-state index in [0.29, 0.717) is 11.5 Å². The third-order valence-corrected chi connectivity index (χ3v) is 4.98. The number of fused-ring (bicyclic) bond motifs is 1. The Balaban J connectivity index is 1.36. The van der Waals surface area contributed by atoms with Gasteiger partial charge in [0, 0.05) is 31.4 Å². The Labute approximate surface area is 147 Å². The number of imidazole rings is 1. The number of hydrogen-bond donors (Lipinski definition) is 1.